The number of hydrogen-bond acceptors (Lipinski definition) is 5. The van der Waals surface area contributed by atoms with Crippen LogP contribution in [0.4, 0.5) is 5.69 Å². The second kappa shape index (κ2) is 6.56. The van der Waals surface area contributed by atoms with E-state index < -0.39 is 11.0 Å². The van der Waals surface area contributed by atoms with Gasteiger partial charge in [0.2, 0.25) is 0 Å². The van der Waals surface area contributed by atoms with Crippen molar-refractivity contribution in [1.82, 2.24) is 0 Å². The minimum absolute atomic E-state index is 0.0457. The van der Waals surface area contributed by atoms with E-state index in [1.165, 1.54) is 25.3 Å². The molecule has 1 aromatic carbocycles. The first-order valence-corrected chi connectivity index (χ1v) is 6.79. The average Bonchev–Trinajstić information content (AvgIpc) is 2.64. The highest BCUT2D eigenvalue weighted by atomic mass is 16.6. The van der Waals surface area contributed by atoms with Crippen LogP contribution in [0.25, 0.3) is 0 Å². The van der Waals surface area contributed by atoms with Crippen molar-refractivity contribution < 1.29 is 19.5 Å². The fraction of sp³-hybridized carbons (Fsp3) is 0.571. The van der Waals surface area contributed by atoms with E-state index in [1.807, 2.05) is 0 Å². The molecule has 0 spiro atoms. The number of nitrogens with zero attached hydrogens (tertiary/aromatic N) is 1. The smallest absolute Gasteiger partial charge is 0.273 e. The van der Waals surface area contributed by atoms with Gasteiger partial charge in [0.1, 0.15) is 6.10 Å². The van der Waals surface area contributed by atoms with Crippen molar-refractivity contribution >= 4 is 5.69 Å². The van der Waals surface area contributed by atoms with Gasteiger partial charge in [-0.1, -0.05) is 12.8 Å². The lowest BCUT2D eigenvalue weighted by Gasteiger charge is -2.23. The average molecular weight is 281 g/mol. The molecule has 2 unspecified atom stereocenters. The first-order valence-electron chi connectivity index (χ1n) is 6.79. The van der Waals surface area contributed by atoms with Crippen LogP contribution in [0, 0.1) is 10.1 Å². The standard InChI is InChI=1S/C14H19NO5/c1-19-14-9-10(15(17)18)7-8-13(14)20-12-6-4-2-3-5-11(12)16/h7-9,11-12,16H,2-6H2,1H3. The first kappa shape index (κ1) is 14.6. The van der Waals surface area contributed by atoms with Crippen molar-refractivity contribution in [3.8, 4) is 11.5 Å². The summed E-state index contributed by atoms with van der Waals surface area (Å²) < 4.78 is 10.9. The van der Waals surface area contributed by atoms with E-state index >= 15 is 0 Å². The number of ether oxygens (including phenoxy) is 2. The van der Waals surface area contributed by atoms with Crippen molar-refractivity contribution in [3.63, 3.8) is 0 Å². The van der Waals surface area contributed by atoms with E-state index in [1.54, 1.807) is 0 Å². The van der Waals surface area contributed by atoms with E-state index in [-0.39, 0.29) is 11.8 Å². The van der Waals surface area contributed by atoms with Gasteiger partial charge in [0.25, 0.3) is 5.69 Å². The Balaban J connectivity index is 2.17. The Hall–Kier alpha value is -1.82. The Labute approximate surface area is 117 Å². The lowest BCUT2D eigenvalue weighted by atomic mass is 10.1. The second-order valence-electron chi connectivity index (χ2n) is 4.95. The fourth-order valence-corrected chi connectivity index (χ4v) is 2.42. The molecule has 110 valence electrons. The monoisotopic (exact) mass is 281 g/mol. The summed E-state index contributed by atoms with van der Waals surface area (Å²) in [6, 6.07) is 4.23. The lowest BCUT2D eigenvalue weighted by molar-refractivity contribution is -0.385. The number of nitro benzene ring substituents is 1. The van der Waals surface area contributed by atoms with Crippen molar-refractivity contribution in [3.05, 3.63) is 28.3 Å². The molecule has 0 amide bonds. The van der Waals surface area contributed by atoms with Crippen LogP contribution in [0.15, 0.2) is 18.2 Å². The zero-order valence-corrected chi connectivity index (χ0v) is 11.4. The first-order chi connectivity index (χ1) is 9.61. The zero-order chi connectivity index (χ0) is 14.5. The molecule has 1 aromatic rings. The van der Waals surface area contributed by atoms with Gasteiger partial charge in [0, 0.05) is 6.07 Å². The number of non-ortho nitro benzene ring substituents is 1. The molecule has 2 rings (SSSR count). The molecule has 0 aliphatic heterocycles. The van der Waals surface area contributed by atoms with Crippen molar-refractivity contribution in [1.29, 1.82) is 0 Å². The summed E-state index contributed by atoms with van der Waals surface area (Å²) in [7, 11) is 1.44. The van der Waals surface area contributed by atoms with E-state index in [9.17, 15) is 15.2 Å². The molecule has 1 N–H and O–H groups in total. The molecule has 1 saturated carbocycles. The van der Waals surface area contributed by atoms with E-state index in [2.05, 4.69) is 0 Å². The minimum atomic E-state index is -0.502. The molecule has 0 bridgehead atoms. The number of aliphatic hydroxyl groups is 1. The van der Waals surface area contributed by atoms with Crippen LogP contribution in [0.1, 0.15) is 32.1 Å². The van der Waals surface area contributed by atoms with Crippen LogP contribution >= 0.6 is 0 Å². The Kier molecular flexibility index (Phi) is 4.79. The largest absolute Gasteiger partial charge is 0.493 e. The van der Waals surface area contributed by atoms with Gasteiger partial charge in [-0.2, -0.15) is 0 Å². The number of hydrogen-bond donors (Lipinski definition) is 1. The summed E-state index contributed by atoms with van der Waals surface area (Å²) in [4.78, 5) is 10.3. The molecular weight excluding hydrogens is 262 g/mol. The maximum absolute atomic E-state index is 10.7. The lowest BCUT2D eigenvalue weighted by Crippen LogP contribution is -2.30. The van der Waals surface area contributed by atoms with Gasteiger partial charge >= 0.3 is 0 Å². The van der Waals surface area contributed by atoms with Gasteiger partial charge in [-0.05, 0) is 25.3 Å². The molecular formula is C14H19NO5. The predicted molar refractivity (Wildman–Crippen MR) is 73.2 cm³/mol. The Morgan fingerprint density at radius 2 is 2.00 bits per heavy atom. The Bertz CT molecular complexity index is 477. The zero-order valence-electron chi connectivity index (χ0n) is 11.4. The van der Waals surface area contributed by atoms with Crippen LogP contribution in [0.2, 0.25) is 0 Å². The number of methoxy groups -OCH3 is 1. The SMILES string of the molecule is COc1cc([N+](=O)[O-])ccc1OC1CCCCCC1O. The molecule has 0 aromatic heterocycles. The van der Waals surface area contributed by atoms with Crippen LogP contribution in [0.3, 0.4) is 0 Å². The summed E-state index contributed by atoms with van der Waals surface area (Å²) >= 11 is 0. The van der Waals surface area contributed by atoms with Crippen LogP contribution in [-0.4, -0.2) is 29.3 Å². The van der Waals surface area contributed by atoms with Gasteiger partial charge < -0.3 is 14.6 Å². The molecule has 0 heterocycles. The molecule has 6 heteroatoms. The van der Waals surface area contributed by atoms with Crippen molar-refractivity contribution in [2.24, 2.45) is 0 Å². The molecule has 0 radical (unpaired) electrons. The Morgan fingerprint density at radius 3 is 2.70 bits per heavy atom. The molecule has 6 nitrogen and oxygen atoms in total. The van der Waals surface area contributed by atoms with Gasteiger partial charge in [-0.3, -0.25) is 10.1 Å². The maximum Gasteiger partial charge on any atom is 0.273 e. The highest BCUT2D eigenvalue weighted by Crippen LogP contribution is 2.33. The van der Waals surface area contributed by atoms with Crippen LogP contribution in [-0.2, 0) is 0 Å². The number of rotatable bonds is 4. The second-order valence-corrected chi connectivity index (χ2v) is 4.95. The highest BCUT2D eigenvalue weighted by Gasteiger charge is 2.25. The molecule has 1 aliphatic carbocycles. The molecule has 2 atom stereocenters. The molecule has 20 heavy (non-hydrogen) atoms. The summed E-state index contributed by atoms with van der Waals surface area (Å²) in [6.45, 7) is 0. The van der Waals surface area contributed by atoms with Gasteiger partial charge in [0.05, 0.1) is 24.2 Å². The van der Waals surface area contributed by atoms with Gasteiger partial charge in [0.15, 0.2) is 11.5 Å². The molecule has 1 fully saturated rings. The summed E-state index contributed by atoms with van der Waals surface area (Å²) in [5.74, 6) is 0.750. The summed E-state index contributed by atoms with van der Waals surface area (Å²) in [5.41, 5.74) is -0.0457. The third kappa shape index (κ3) is 3.39. The number of benzene rings is 1. The van der Waals surface area contributed by atoms with Crippen molar-refractivity contribution in [2.45, 2.75) is 44.3 Å². The van der Waals surface area contributed by atoms with Gasteiger partial charge in [-0.15, -0.1) is 0 Å². The van der Waals surface area contributed by atoms with Crippen LogP contribution < -0.4 is 9.47 Å². The number of aliphatic hydroxyl groups excluding tert-OH is 1. The number of nitro groups is 1. The van der Waals surface area contributed by atoms with E-state index in [0.717, 1.165) is 32.1 Å². The fourth-order valence-electron chi connectivity index (χ4n) is 2.42. The van der Waals surface area contributed by atoms with E-state index in [0.29, 0.717) is 11.5 Å². The topological polar surface area (TPSA) is 81.8 Å². The Morgan fingerprint density at radius 1 is 1.25 bits per heavy atom. The molecule has 0 saturated heterocycles. The quantitative estimate of drug-likeness (QED) is 0.521. The van der Waals surface area contributed by atoms with Gasteiger partial charge in [-0.25, -0.2) is 0 Å². The van der Waals surface area contributed by atoms with E-state index in [4.69, 9.17) is 9.47 Å². The van der Waals surface area contributed by atoms with Crippen LogP contribution in [0.5, 0.6) is 11.5 Å². The summed E-state index contributed by atoms with van der Waals surface area (Å²) in [6.07, 6.45) is 3.82. The van der Waals surface area contributed by atoms with Crippen molar-refractivity contribution in [2.75, 3.05) is 7.11 Å². The third-order valence-corrected chi connectivity index (χ3v) is 3.55. The molecule has 1 aliphatic rings. The highest BCUT2D eigenvalue weighted by molar-refractivity contribution is 5.48. The maximum atomic E-state index is 10.7. The normalized spacial score (nSPS) is 22.9. The predicted octanol–water partition coefficient (Wildman–Crippen LogP) is 2.68. The summed E-state index contributed by atoms with van der Waals surface area (Å²) in [5, 5.41) is 20.8. The third-order valence-electron chi connectivity index (χ3n) is 3.55. The minimum Gasteiger partial charge on any atom is -0.493 e.